The van der Waals surface area contributed by atoms with E-state index in [0.717, 1.165) is 23.6 Å². The van der Waals surface area contributed by atoms with Crippen LogP contribution in [-0.2, 0) is 6.54 Å². The summed E-state index contributed by atoms with van der Waals surface area (Å²) < 4.78 is 1.50. The van der Waals surface area contributed by atoms with Crippen molar-refractivity contribution in [2.45, 2.75) is 19.9 Å². The molecule has 0 unspecified atom stereocenters. The minimum Gasteiger partial charge on any atom is -0.382 e. The first kappa shape index (κ1) is 14.1. The minimum atomic E-state index is -0.0616. The predicted molar refractivity (Wildman–Crippen MR) is 73.7 cm³/mol. The number of aromatic nitrogens is 2. The van der Waals surface area contributed by atoms with Crippen LogP contribution in [0.3, 0.4) is 0 Å². The molecule has 1 aromatic rings. The average Bonchev–Trinajstić information content (AvgIpc) is 2.34. The third-order valence-corrected chi connectivity index (χ3v) is 3.19. The molecule has 0 fully saturated rings. The number of nitrogens with two attached hydrogens (primary N) is 1. The Bertz CT molecular complexity index is 380. The van der Waals surface area contributed by atoms with Gasteiger partial charge in [0.25, 0.3) is 5.56 Å². The van der Waals surface area contributed by atoms with Gasteiger partial charge in [-0.1, -0.05) is 6.92 Å². The fourth-order valence-electron chi connectivity index (χ4n) is 1.38. The quantitative estimate of drug-likeness (QED) is 0.672. The van der Waals surface area contributed by atoms with E-state index in [4.69, 9.17) is 5.73 Å². The number of rotatable bonds is 8. The van der Waals surface area contributed by atoms with Gasteiger partial charge in [0, 0.05) is 25.7 Å². The monoisotopic (exact) mass is 256 g/mol. The summed E-state index contributed by atoms with van der Waals surface area (Å²) in [6.07, 6.45) is 2.64. The summed E-state index contributed by atoms with van der Waals surface area (Å²) in [6.45, 7) is 4.01. The van der Waals surface area contributed by atoms with Crippen LogP contribution in [0.15, 0.2) is 17.1 Å². The Morgan fingerprint density at radius 3 is 3.06 bits per heavy atom. The van der Waals surface area contributed by atoms with E-state index < -0.39 is 0 Å². The lowest BCUT2D eigenvalue weighted by molar-refractivity contribution is 0.571. The van der Waals surface area contributed by atoms with Crippen molar-refractivity contribution in [3.05, 3.63) is 22.6 Å². The Labute approximate surface area is 106 Å². The fraction of sp³-hybridized carbons (Fsp3) is 0.636. The van der Waals surface area contributed by atoms with Crippen LogP contribution in [0.25, 0.3) is 0 Å². The van der Waals surface area contributed by atoms with E-state index in [2.05, 4.69) is 17.3 Å². The lowest BCUT2D eigenvalue weighted by Gasteiger charge is -2.06. The van der Waals surface area contributed by atoms with Gasteiger partial charge in [0.15, 0.2) is 0 Å². The van der Waals surface area contributed by atoms with Crippen molar-refractivity contribution >= 4 is 17.4 Å². The largest absolute Gasteiger partial charge is 0.382 e. The molecule has 0 aliphatic rings. The molecule has 17 heavy (non-hydrogen) atoms. The van der Waals surface area contributed by atoms with E-state index in [1.54, 1.807) is 12.3 Å². The molecule has 0 aliphatic carbocycles. The van der Waals surface area contributed by atoms with Crippen LogP contribution in [0.4, 0.5) is 5.69 Å². The van der Waals surface area contributed by atoms with E-state index in [1.165, 1.54) is 4.68 Å². The molecule has 6 heteroatoms. The molecule has 0 saturated carbocycles. The molecule has 0 atom stereocenters. The molecule has 3 N–H and O–H groups in total. The second kappa shape index (κ2) is 8.14. The van der Waals surface area contributed by atoms with Gasteiger partial charge in [-0.05, 0) is 17.9 Å². The van der Waals surface area contributed by atoms with E-state index in [9.17, 15) is 4.79 Å². The highest BCUT2D eigenvalue weighted by molar-refractivity contribution is 7.99. The highest BCUT2D eigenvalue weighted by atomic mass is 32.2. The van der Waals surface area contributed by atoms with Gasteiger partial charge in [-0.2, -0.15) is 16.9 Å². The van der Waals surface area contributed by atoms with Crippen LogP contribution < -0.4 is 16.6 Å². The van der Waals surface area contributed by atoms with E-state index in [-0.39, 0.29) is 5.56 Å². The Balaban J connectivity index is 2.48. The van der Waals surface area contributed by atoms with Gasteiger partial charge in [-0.3, -0.25) is 4.79 Å². The summed E-state index contributed by atoms with van der Waals surface area (Å²) in [4.78, 5) is 11.7. The summed E-state index contributed by atoms with van der Waals surface area (Å²) in [7, 11) is 0. The summed E-state index contributed by atoms with van der Waals surface area (Å²) in [5, 5.41) is 7.15. The number of anilines is 1. The zero-order valence-corrected chi connectivity index (χ0v) is 11.0. The normalized spacial score (nSPS) is 10.5. The van der Waals surface area contributed by atoms with Crippen molar-refractivity contribution in [3.63, 3.8) is 0 Å². The van der Waals surface area contributed by atoms with Gasteiger partial charge in [0.1, 0.15) is 0 Å². The molecule has 1 aromatic heterocycles. The molecule has 0 radical (unpaired) electrons. The van der Waals surface area contributed by atoms with Crippen molar-refractivity contribution in [2.75, 3.05) is 29.9 Å². The number of hydrogen-bond acceptors (Lipinski definition) is 5. The molecule has 0 bridgehead atoms. The molecule has 0 spiro atoms. The second-order valence-corrected chi connectivity index (χ2v) is 4.97. The Morgan fingerprint density at radius 2 is 2.41 bits per heavy atom. The zero-order valence-electron chi connectivity index (χ0n) is 10.2. The fourth-order valence-corrected chi connectivity index (χ4v) is 2.00. The van der Waals surface area contributed by atoms with Crippen LogP contribution in [0.1, 0.15) is 13.3 Å². The van der Waals surface area contributed by atoms with Crippen molar-refractivity contribution in [3.8, 4) is 0 Å². The standard InChI is InChI=1S/C11H20N4OS/c1-2-17-7-3-6-15-11(16)8-10(9-14-15)13-5-4-12/h8-9,13H,2-7,12H2,1H3. The average molecular weight is 256 g/mol. The first-order chi connectivity index (χ1) is 8.27. The smallest absolute Gasteiger partial charge is 0.268 e. The van der Waals surface area contributed by atoms with Gasteiger partial charge < -0.3 is 11.1 Å². The first-order valence-corrected chi connectivity index (χ1v) is 7.02. The van der Waals surface area contributed by atoms with Gasteiger partial charge >= 0.3 is 0 Å². The third kappa shape index (κ3) is 5.23. The first-order valence-electron chi connectivity index (χ1n) is 5.86. The maximum Gasteiger partial charge on any atom is 0.268 e. The topological polar surface area (TPSA) is 72.9 Å². The molecule has 1 rings (SSSR count). The van der Waals surface area contributed by atoms with Gasteiger partial charge in [0.05, 0.1) is 11.9 Å². The maximum absolute atomic E-state index is 11.7. The van der Waals surface area contributed by atoms with Gasteiger partial charge in [0.2, 0.25) is 0 Å². The SMILES string of the molecule is CCSCCCn1ncc(NCCN)cc1=O. The molecule has 0 amide bonds. The second-order valence-electron chi connectivity index (χ2n) is 3.57. The van der Waals surface area contributed by atoms with Crippen LogP contribution >= 0.6 is 11.8 Å². The summed E-state index contributed by atoms with van der Waals surface area (Å²) in [5.41, 5.74) is 6.04. The van der Waals surface area contributed by atoms with Crippen molar-refractivity contribution in [2.24, 2.45) is 5.73 Å². The summed E-state index contributed by atoms with van der Waals surface area (Å²) >= 11 is 1.88. The number of hydrogen-bond donors (Lipinski definition) is 2. The lowest BCUT2D eigenvalue weighted by atomic mass is 10.4. The highest BCUT2D eigenvalue weighted by Gasteiger charge is 1.99. The predicted octanol–water partition coefficient (Wildman–Crippen LogP) is 0.757. The van der Waals surface area contributed by atoms with Gasteiger partial charge in [-0.25, -0.2) is 4.68 Å². The molecule has 5 nitrogen and oxygen atoms in total. The molecule has 0 aromatic carbocycles. The third-order valence-electron chi connectivity index (χ3n) is 2.21. The molecule has 1 heterocycles. The zero-order chi connectivity index (χ0) is 12.5. The van der Waals surface area contributed by atoms with Crippen LogP contribution in [-0.4, -0.2) is 34.4 Å². The van der Waals surface area contributed by atoms with Crippen LogP contribution in [0, 0.1) is 0 Å². The number of nitrogens with zero attached hydrogens (tertiary/aromatic N) is 2. The lowest BCUT2D eigenvalue weighted by Crippen LogP contribution is -2.23. The molecular weight excluding hydrogens is 236 g/mol. The summed E-state index contributed by atoms with van der Waals surface area (Å²) in [5.74, 6) is 2.18. The minimum absolute atomic E-state index is 0.0616. The molecule has 0 saturated heterocycles. The number of thioether (sulfide) groups is 1. The van der Waals surface area contributed by atoms with Crippen molar-refractivity contribution in [1.82, 2.24) is 9.78 Å². The van der Waals surface area contributed by atoms with Crippen molar-refractivity contribution in [1.29, 1.82) is 0 Å². The van der Waals surface area contributed by atoms with Crippen LogP contribution in [0.5, 0.6) is 0 Å². The number of aryl methyl sites for hydroxylation is 1. The van der Waals surface area contributed by atoms with Gasteiger partial charge in [-0.15, -0.1) is 0 Å². The molecular formula is C11H20N4OS. The Hall–Kier alpha value is -1.01. The maximum atomic E-state index is 11.7. The molecule has 0 aliphatic heterocycles. The number of nitrogens with one attached hydrogen (secondary N) is 1. The van der Waals surface area contributed by atoms with E-state index >= 15 is 0 Å². The highest BCUT2D eigenvalue weighted by Crippen LogP contribution is 2.02. The molecule has 96 valence electrons. The van der Waals surface area contributed by atoms with E-state index in [0.29, 0.717) is 19.6 Å². The summed E-state index contributed by atoms with van der Waals surface area (Å²) in [6, 6.07) is 1.57. The Morgan fingerprint density at radius 1 is 1.59 bits per heavy atom. The van der Waals surface area contributed by atoms with Crippen molar-refractivity contribution < 1.29 is 0 Å². The van der Waals surface area contributed by atoms with Crippen LogP contribution in [0.2, 0.25) is 0 Å². The van der Waals surface area contributed by atoms with E-state index in [1.807, 2.05) is 11.8 Å². The Kier molecular flexibility index (Phi) is 6.73.